The Morgan fingerprint density at radius 1 is 1.10 bits per heavy atom. The first-order valence-corrected chi connectivity index (χ1v) is 6.65. The number of rotatable bonds is 3. The van der Waals surface area contributed by atoms with Gasteiger partial charge in [0, 0.05) is 11.4 Å². The van der Waals surface area contributed by atoms with Gasteiger partial charge in [-0.3, -0.25) is 0 Å². The highest BCUT2D eigenvalue weighted by atomic mass is 16.6. The van der Waals surface area contributed by atoms with Gasteiger partial charge in [-0.15, -0.1) is 0 Å². The number of nitrogen functional groups attached to an aromatic ring is 2. The molecule has 0 aliphatic carbocycles. The Hall–Kier alpha value is -2.04. The average Bonchev–Trinajstić information content (AvgIpc) is 3.23. The minimum Gasteiger partial charge on any atom is -0.399 e. The highest BCUT2D eigenvalue weighted by Crippen LogP contribution is 2.40. The molecule has 0 spiro atoms. The van der Waals surface area contributed by atoms with Crippen LogP contribution in [-0.4, -0.2) is 11.7 Å². The summed E-state index contributed by atoms with van der Waals surface area (Å²) in [7, 11) is 0. The maximum Gasteiger partial charge on any atom is 0.107 e. The van der Waals surface area contributed by atoms with Crippen molar-refractivity contribution in [1.82, 2.24) is 0 Å². The third kappa shape index (κ3) is 2.35. The summed E-state index contributed by atoms with van der Waals surface area (Å²) in [4.78, 5) is 0. The zero-order valence-corrected chi connectivity index (χ0v) is 11.3. The van der Waals surface area contributed by atoms with Gasteiger partial charge in [0.15, 0.2) is 0 Å². The molecular weight excluding hydrogens is 252 g/mol. The fraction of sp³-hybridized carbons (Fsp3) is 0.250. The predicted octanol–water partition coefficient (Wildman–Crippen LogP) is 2.64. The topological polar surface area (TPSA) is 84.8 Å². The number of hydrogen-bond donors (Lipinski definition) is 3. The minimum absolute atomic E-state index is 0.105. The average molecular weight is 270 g/mol. The van der Waals surface area contributed by atoms with Crippen LogP contribution in [0.1, 0.15) is 30.3 Å². The van der Waals surface area contributed by atoms with Gasteiger partial charge < -0.3 is 21.3 Å². The van der Waals surface area contributed by atoms with Gasteiger partial charge in [-0.05, 0) is 53.4 Å². The molecule has 20 heavy (non-hydrogen) atoms. The van der Waals surface area contributed by atoms with Crippen LogP contribution in [0.25, 0.3) is 11.1 Å². The van der Waals surface area contributed by atoms with Crippen molar-refractivity contribution in [2.45, 2.75) is 19.1 Å². The van der Waals surface area contributed by atoms with Crippen molar-refractivity contribution < 1.29 is 9.84 Å². The van der Waals surface area contributed by atoms with Crippen LogP contribution < -0.4 is 11.5 Å². The normalized spacial score (nSPS) is 18.8. The molecular formula is C16H18N2O2. The van der Waals surface area contributed by atoms with Crippen molar-refractivity contribution >= 4 is 11.4 Å². The second-order valence-electron chi connectivity index (χ2n) is 5.19. The Morgan fingerprint density at radius 3 is 2.30 bits per heavy atom. The first kappa shape index (κ1) is 13.0. The summed E-state index contributed by atoms with van der Waals surface area (Å²) in [5.74, 6) is 0. The summed E-state index contributed by atoms with van der Waals surface area (Å²) in [6, 6.07) is 11.4. The van der Waals surface area contributed by atoms with Gasteiger partial charge in [0.2, 0.25) is 0 Å². The van der Waals surface area contributed by atoms with Crippen LogP contribution in [0.15, 0.2) is 36.4 Å². The molecule has 104 valence electrons. The number of ether oxygens (including phenoxy) is 1. The summed E-state index contributed by atoms with van der Waals surface area (Å²) < 4.78 is 5.39. The number of nitrogens with two attached hydrogens (primary N) is 2. The van der Waals surface area contributed by atoms with Crippen LogP contribution in [0.5, 0.6) is 0 Å². The van der Waals surface area contributed by atoms with E-state index in [0.29, 0.717) is 11.4 Å². The molecule has 0 aromatic heterocycles. The molecule has 1 aliphatic heterocycles. The predicted molar refractivity (Wildman–Crippen MR) is 80.0 cm³/mol. The number of benzene rings is 2. The van der Waals surface area contributed by atoms with Gasteiger partial charge in [0.05, 0.1) is 12.7 Å². The highest BCUT2D eigenvalue weighted by molar-refractivity contribution is 5.75. The lowest BCUT2D eigenvalue weighted by atomic mass is 9.91. The summed E-state index contributed by atoms with van der Waals surface area (Å²) in [6.07, 6.45) is -0.480. The minimum atomic E-state index is -0.584. The number of anilines is 2. The van der Waals surface area contributed by atoms with Crippen LogP contribution in [0, 0.1) is 0 Å². The largest absolute Gasteiger partial charge is 0.399 e. The highest BCUT2D eigenvalue weighted by Gasteiger charge is 2.28. The third-order valence-corrected chi connectivity index (χ3v) is 3.57. The van der Waals surface area contributed by atoms with Gasteiger partial charge >= 0.3 is 0 Å². The SMILES string of the molecule is CC(O)c1cc(N)ccc1-c1ccc(N)cc1C1CO1. The lowest BCUT2D eigenvalue weighted by Gasteiger charge is -2.16. The molecule has 0 amide bonds. The molecule has 2 aromatic carbocycles. The first-order chi connectivity index (χ1) is 9.56. The third-order valence-electron chi connectivity index (χ3n) is 3.57. The number of hydrogen-bond acceptors (Lipinski definition) is 4. The van der Waals surface area contributed by atoms with Gasteiger partial charge in [-0.25, -0.2) is 0 Å². The van der Waals surface area contributed by atoms with E-state index in [1.807, 2.05) is 36.4 Å². The molecule has 2 aromatic rings. The Morgan fingerprint density at radius 2 is 1.70 bits per heavy atom. The van der Waals surface area contributed by atoms with E-state index < -0.39 is 6.10 Å². The number of aliphatic hydroxyl groups excluding tert-OH is 1. The molecule has 1 heterocycles. The molecule has 3 rings (SSSR count). The molecule has 0 radical (unpaired) electrons. The summed E-state index contributed by atoms with van der Waals surface area (Å²) >= 11 is 0. The fourth-order valence-corrected chi connectivity index (χ4v) is 2.49. The number of epoxide rings is 1. The van der Waals surface area contributed by atoms with Crippen molar-refractivity contribution in [3.8, 4) is 11.1 Å². The van der Waals surface area contributed by atoms with E-state index in [1.165, 1.54) is 0 Å². The van der Waals surface area contributed by atoms with Crippen LogP contribution in [-0.2, 0) is 4.74 Å². The smallest absolute Gasteiger partial charge is 0.107 e. The van der Waals surface area contributed by atoms with Crippen LogP contribution in [0.2, 0.25) is 0 Å². The second-order valence-corrected chi connectivity index (χ2v) is 5.19. The van der Waals surface area contributed by atoms with Gasteiger partial charge in [0.25, 0.3) is 0 Å². The Balaban J connectivity index is 2.18. The first-order valence-electron chi connectivity index (χ1n) is 6.65. The standard InChI is InChI=1S/C16H18N2O2/c1-9(19)14-6-10(17)2-4-12(14)13-5-3-11(18)7-15(13)16-8-20-16/h2-7,9,16,19H,8,17-18H2,1H3. The van der Waals surface area contributed by atoms with E-state index in [-0.39, 0.29) is 6.10 Å². The Labute approximate surface area is 118 Å². The van der Waals surface area contributed by atoms with Crippen LogP contribution in [0.3, 0.4) is 0 Å². The van der Waals surface area contributed by atoms with Gasteiger partial charge in [-0.2, -0.15) is 0 Å². The Kier molecular flexibility index (Phi) is 3.12. The molecule has 2 unspecified atom stereocenters. The van der Waals surface area contributed by atoms with Crippen molar-refractivity contribution in [3.63, 3.8) is 0 Å². The van der Waals surface area contributed by atoms with Crippen molar-refractivity contribution in [3.05, 3.63) is 47.5 Å². The van der Waals surface area contributed by atoms with E-state index in [9.17, 15) is 5.11 Å². The molecule has 1 aliphatic rings. The van der Waals surface area contributed by atoms with Crippen LogP contribution >= 0.6 is 0 Å². The van der Waals surface area contributed by atoms with E-state index >= 15 is 0 Å². The van der Waals surface area contributed by atoms with Crippen molar-refractivity contribution in [1.29, 1.82) is 0 Å². The Bertz CT molecular complexity index is 599. The van der Waals surface area contributed by atoms with Crippen LogP contribution in [0.4, 0.5) is 11.4 Å². The number of aliphatic hydroxyl groups is 1. The fourth-order valence-electron chi connectivity index (χ4n) is 2.49. The van der Waals surface area contributed by atoms with Gasteiger partial charge in [0.1, 0.15) is 6.10 Å². The molecule has 1 fully saturated rings. The summed E-state index contributed by atoms with van der Waals surface area (Å²) in [5.41, 5.74) is 16.9. The zero-order valence-electron chi connectivity index (χ0n) is 11.3. The summed E-state index contributed by atoms with van der Waals surface area (Å²) in [5, 5.41) is 9.98. The maximum absolute atomic E-state index is 9.98. The van der Waals surface area contributed by atoms with Gasteiger partial charge in [-0.1, -0.05) is 12.1 Å². The monoisotopic (exact) mass is 270 g/mol. The summed E-state index contributed by atoms with van der Waals surface area (Å²) in [6.45, 7) is 2.46. The molecule has 1 saturated heterocycles. The van der Waals surface area contributed by atoms with Crippen molar-refractivity contribution in [2.24, 2.45) is 0 Å². The van der Waals surface area contributed by atoms with E-state index in [4.69, 9.17) is 16.2 Å². The quantitative estimate of drug-likeness (QED) is 0.591. The molecule has 4 heteroatoms. The molecule has 0 saturated carbocycles. The van der Waals surface area contributed by atoms with E-state index in [2.05, 4.69) is 0 Å². The second kappa shape index (κ2) is 4.81. The lowest BCUT2D eigenvalue weighted by molar-refractivity contribution is 0.200. The lowest BCUT2D eigenvalue weighted by Crippen LogP contribution is -2.00. The molecule has 4 nitrogen and oxygen atoms in total. The molecule has 5 N–H and O–H groups in total. The van der Waals surface area contributed by atoms with Crippen molar-refractivity contribution in [2.75, 3.05) is 18.1 Å². The maximum atomic E-state index is 9.98. The zero-order chi connectivity index (χ0) is 14.3. The molecule has 0 bridgehead atoms. The van der Waals surface area contributed by atoms with E-state index in [1.54, 1.807) is 6.92 Å². The molecule has 2 atom stereocenters. The van der Waals surface area contributed by atoms with E-state index in [0.717, 1.165) is 28.9 Å².